The van der Waals surface area contributed by atoms with Crippen molar-refractivity contribution >= 4 is 0 Å². The van der Waals surface area contributed by atoms with Gasteiger partial charge in [0.1, 0.15) is 6.10 Å². The smallest absolute Gasteiger partial charge is 0.107 e. The molecule has 2 rings (SSSR count). The van der Waals surface area contributed by atoms with Crippen molar-refractivity contribution in [1.29, 1.82) is 0 Å². The lowest BCUT2D eigenvalue weighted by molar-refractivity contribution is -0.0301. The van der Waals surface area contributed by atoms with Crippen LogP contribution in [-0.2, 0) is 4.74 Å². The van der Waals surface area contributed by atoms with Crippen LogP contribution in [0.2, 0.25) is 0 Å². The largest absolute Gasteiger partial charge is 0.386 e. The molecule has 0 bridgehead atoms. The molecule has 15 heavy (non-hydrogen) atoms. The van der Waals surface area contributed by atoms with E-state index in [1.165, 1.54) is 0 Å². The molecule has 0 spiro atoms. The average molecular weight is 207 g/mol. The van der Waals surface area contributed by atoms with Crippen molar-refractivity contribution in [3.63, 3.8) is 0 Å². The monoisotopic (exact) mass is 207 g/mol. The number of hydrogen-bond donors (Lipinski definition) is 1. The van der Waals surface area contributed by atoms with Crippen LogP contribution in [0.25, 0.3) is 0 Å². The molecule has 1 N–H and O–H groups in total. The maximum atomic E-state index is 10.2. The van der Waals surface area contributed by atoms with Crippen LogP contribution in [0, 0.1) is 6.92 Å². The fourth-order valence-corrected chi connectivity index (χ4v) is 2.05. The summed E-state index contributed by atoms with van der Waals surface area (Å²) in [6.07, 6.45) is 5.08. The molecule has 3 unspecified atom stereocenters. The quantitative estimate of drug-likeness (QED) is 0.806. The molecule has 0 aliphatic carbocycles. The van der Waals surface area contributed by atoms with E-state index < -0.39 is 6.10 Å². The molecule has 2 heterocycles. The Balaban J connectivity index is 2.14. The first kappa shape index (κ1) is 10.6. The third kappa shape index (κ3) is 2.19. The molecule has 1 fully saturated rings. The molecule has 1 aromatic rings. The Kier molecular flexibility index (Phi) is 3.03. The maximum absolute atomic E-state index is 10.2. The van der Waals surface area contributed by atoms with Gasteiger partial charge >= 0.3 is 0 Å². The second-order valence-corrected chi connectivity index (χ2v) is 4.24. The number of aliphatic hydroxyl groups excluding tert-OH is 1. The van der Waals surface area contributed by atoms with Gasteiger partial charge in [-0.15, -0.1) is 0 Å². The highest BCUT2D eigenvalue weighted by Gasteiger charge is 2.29. The summed E-state index contributed by atoms with van der Waals surface area (Å²) >= 11 is 0. The first-order valence-electron chi connectivity index (χ1n) is 5.42. The zero-order valence-corrected chi connectivity index (χ0v) is 9.18. The van der Waals surface area contributed by atoms with Gasteiger partial charge < -0.3 is 9.84 Å². The van der Waals surface area contributed by atoms with Crippen LogP contribution in [0.15, 0.2) is 18.5 Å². The summed E-state index contributed by atoms with van der Waals surface area (Å²) in [4.78, 5) is 4.04. The predicted octanol–water partition coefficient (Wildman–Crippen LogP) is 1.99. The number of rotatable bonds is 2. The SMILES string of the molecule is Cc1ccncc1C(O)C1CCC(C)O1. The van der Waals surface area contributed by atoms with Gasteiger partial charge in [0.15, 0.2) is 0 Å². The molecule has 1 saturated heterocycles. The van der Waals surface area contributed by atoms with E-state index in [0.29, 0.717) is 0 Å². The second-order valence-electron chi connectivity index (χ2n) is 4.24. The van der Waals surface area contributed by atoms with Crippen molar-refractivity contribution in [2.75, 3.05) is 0 Å². The molecule has 1 aliphatic heterocycles. The molecule has 0 saturated carbocycles. The van der Waals surface area contributed by atoms with Crippen molar-refractivity contribution in [2.24, 2.45) is 0 Å². The lowest BCUT2D eigenvalue weighted by atomic mass is 10.00. The number of nitrogens with zero attached hydrogens (tertiary/aromatic N) is 1. The molecule has 1 aromatic heterocycles. The maximum Gasteiger partial charge on any atom is 0.107 e. The minimum atomic E-state index is -0.538. The van der Waals surface area contributed by atoms with E-state index in [1.807, 2.05) is 19.9 Å². The molecular weight excluding hydrogens is 190 g/mol. The Morgan fingerprint density at radius 2 is 2.33 bits per heavy atom. The molecule has 3 nitrogen and oxygen atoms in total. The van der Waals surface area contributed by atoms with Crippen LogP contribution in [0.3, 0.4) is 0 Å². The van der Waals surface area contributed by atoms with E-state index in [9.17, 15) is 5.11 Å². The topological polar surface area (TPSA) is 42.4 Å². The summed E-state index contributed by atoms with van der Waals surface area (Å²) < 4.78 is 5.65. The highest BCUT2D eigenvalue weighted by molar-refractivity contribution is 5.24. The average Bonchev–Trinajstić information content (AvgIpc) is 2.65. The molecule has 0 radical (unpaired) electrons. The summed E-state index contributed by atoms with van der Waals surface area (Å²) in [5.74, 6) is 0. The van der Waals surface area contributed by atoms with E-state index in [0.717, 1.165) is 24.0 Å². The van der Waals surface area contributed by atoms with Crippen molar-refractivity contribution in [3.05, 3.63) is 29.6 Å². The lowest BCUT2D eigenvalue weighted by Crippen LogP contribution is -2.19. The number of aryl methyl sites for hydroxylation is 1. The molecule has 0 aromatic carbocycles. The van der Waals surface area contributed by atoms with Gasteiger partial charge in [-0.05, 0) is 38.3 Å². The van der Waals surface area contributed by atoms with Crippen LogP contribution in [-0.4, -0.2) is 22.3 Å². The summed E-state index contributed by atoms with van der Waals surface area (Å²) in [6, 6.07) is 1.91. The van der Waals surface area contributed by atoms with E-state index in [2.05, 4.69) is 4.98 Å². The van der Waals surface area contributed by atoms with Gasteiger partial charge in [0.25, 0.3) is 0 Å². The van der Waals surface area contributed by atoms with Crippen LogP contribution in [0.1, 0.15) is 37.0 Å². The third-order valence-electron chi connectivity index (χ3n) is 3.02. The van der Waals surface area contributed by atoms with E-state index in [1.54, 1.807) is 12.4 Å². The van der Waals surface area contributed by atoms with Crippen molar-refractivity contribution in [3.8, 4) is 0 Å². The van der Waals surface area contributed by atoms with Crippen LogP contribution >= 0.6 is 0 Å². The summed E-state index contributed by atoms with van der Waals surface area (Å²) in [5.41, 5.74) is 1.96. The van der Waals surface area contributed by atoms with Gasteiger partial charge in [0.2, 0.25) is 0 Å². The van der Waals surface area contributed by atoms with Gasteiger partial charge in [0, 0.05) is 18.0 Å². The number of aliphatic hydroxyl groups is 1. The van der Waals surface area contributed by atoms with Crippen LogP contribution in [0.4, 0.5) is 0 Å². The van der Waals surface area contributed by atoms with Crippen LogP contribution < -0.4 is 0 Å². The summed E-state index contributed by atoms with van der Waals surface area (Å²) in [7, 11) is 0. The fourth-order valence-electron chi connectivity index (χ4n) is 2.05. The normalized spacial score (nSPS) is 27.9. The Morgan fingerprint density at radius 3 is 2.93 bits per heavy atom. The standard InChI is InChI=1S/C12H17NO2/c1-8-5-6-13-7-10(8)12(14)11-4-3-9(2)15-11/h5-7,9,11-12,14H,3-4H2,1-2H3. The first-order chi connectivity index (χ1) is 7.18. The van der Waals surface area contributed by atoms with E-state index in [-0.39, 0.29) is 12.2 Å². The van der Waals surface area contributed by atoms with Gasteiger partial charge in [0.05, 0.1) is 12.2 Å². The number of aromatic nitrogens is 1. The Labute approximate surface area is 90.1 Å². The van der Waals surface area contributed by atoms with Crippen molar-refractivity contribution < 1.29 is 9.84 Å². The molecule has 3 heteroatoms. The van der Waals surface area contributed by atoms with Crippen LogP contribution in [0.5, 0.6) is 0 Å². The summed E-state index contributed by atoms with van der Waals surface area (Å²) in [5, 5.41) is 10.2. The highest BCUT2D eigenvalue weighted by Crippen LogP contribution is 2.30. The lowest BCUT2D eigenvalue weighted by Gasteiger charge is -2.19. The fraction of sp³-hybridized carbons (Fsp3) is 0.583. The third-order valence-corrected chi connectivity index (χ3v) is 3.02. The molecular formula is C12H17NO2. The van der Waals surface area contributed by atoms with Gasteiger partial charge in [-0.1, -0.05) is 0 Å². The molecule has 1 aliphatic rings. The Bertz CT molecular complexity index is 340. The first-order valence-corrected chi connectivity index (χ1v) is 5.42. The van der Waals surface area contributed by atoms with Crippen molar-refractivity contribution in [2.45, 2.75) is 45.0 Å². The minimum absolute atomic E-state index is 0.0668. The van der Waals surface area contributed by atoms with Gasteiger partial charge in [-0.2, -0.15) is 0 Å². The van der Waals surface area contributed by atoms with Gasteiger partial charge in [-0.25, -0.2) is 0 Å². The molecule has 0 amide bonds. The Hall–Kier alpha value is -0.930. The molecule has 82 valence electrons. The number of ether oxygens (including phenoxy) is 1. The predicted molar refractivity (Wildman–Crippen MR) is 57.5 cm³/mol. The minimum Gasteiger partial charge on any atom is -0.386 e. The highest BCUT2D eigenvalue weighted by atomic mass is 16.5. The second kappa shape index (κ2) is 4.29. The van der Waals surface area contributed by atoms with Crippen molar-refractivity contribution in [1.82, 2.24) is 4.98 Å². The zero-order chi connectivity index (χ0) is 10.8. The van der Waals surface area contributed by atoms with E-state index in [4.69, 9.17) is 4.74 Å². The molecule has 3 atom stereocenters. The number of hydrogen-bond acceptors (Lipinski definition) is 3. The number of pyridine rings is 1. The zero-order valence-electron chi connectivity index (χ0n) is 9.18. The van der Waals surface area contributed by atoms with Gasteiger partial charge in [-0.3, -0.25) is 4.98 Å². The summed E-state index contributed by atoms with van der Waals surface area (Å²) in [6.45, 7) is 4.03. The van der Waals surface area contributed by atoms with E-state index >= 15 is 0 Å². The Morgan fingerprint density at radius 1 is 1.53 bits per heavy atom.